The van der Waals surface area contributed by atoms with E-state index in [4.69, 9.17) is 0 Å². The van der Waals surface area contributed by atoms with Gasteiger partial charge < -0.3 is 5.32 Å². The van der Waals surface area contributed by atoms with Gasteiger partial charge in [-0.15, -0.1) is 12.4 Å². The van der Waals surface area contributed by atoms with Gasteiger partial charge in [-0.1, -0.05) is 0 Å². The van der Waals surface area contributed by atoms with E-state index in [0.717, 1.165) is 16.8 Å². The molecule has 0 aliphatic heterocycles. The van der Waals surface area contributed by atoms with E-state index in [1.54, 1.807) is 30.2 Å². The number of rotatable bonds is 8. The first-order valence-corrected chi connectivity index (χ1v) is 6.67. The Morgan fingerprint density at radius 1 is 1.23 bits per heavy atom. The minimum atomic E-state index is -2.41. The van der Waals surface area contributed by atoms with Crippen LogP contribution in [0.15, 0.2) is 18.6 Å². The minimum Gasteiger partial charge on any atom is -0.308 e. The van der Waals surface area contributed by atoms with Crippen molar-refractivity contribution in [3.05, 3.63) is 35.4 Å². The van der Waals surface area contributed by atoms with Gasteiger partial charge in [0.25, 0.3) is 6.43 Å². The van der Waals surface area contributed by atoms with Crippen LogP contribution in [-0.2, 0) is 26.2 Å². The molecule has 0 bridgehead atoms. The predicted molar refractivity (Wildman–Crippen MR) is 79.0 cm³/mol. The highest BCUT2D eigenvalue weighted by molar-refractivity contribution is 5.85. The van der Waals surface area contributed by atoms with E-state index >= 15 is 0 Å². The second-order valence-corrected chi connectivity index (χ2v) is 4.73. The summed E-state index contributed by atoms with van der Waals surface area (Å²) in [5.41, 5.74) is 2.56. The zero-order valence-corrected chi connectivity index (χ0v) is 13.0. The molecular formula is C13H19ClF3N5. The first-order chi connectivity index (χ1) is 10.1. The highest BCUT2D eigenvalue weighted by Crippen LogP contribution is 2.09. The van der Waals surface area contributed by atoms with Crippen molar-refractivity contribution in [3.63, 3.8) is 0 Å². The molecule has 1 N–H and O–H groups in total. The van der Waals surface area contributed by atoms with Gasteiger partial charge in [-0.05, 0) is 6.92 Å². The lowest BCUT2D eigenvalue weighted by Crippen LogP contribution is -2.14. The van der Waals surface area contributed by atoms with E-state index in [9.17, 15) is 13.2 Å². The Hall–Kier alpha value is -1.54. The van der Waals surface area contributed by atoms with Crippen molar-refractivity contribution in [2.45, 2.75) is 39.5 Å². The molecule has 124 valence electrons. The molecule has 0 radical (unpaired) electrons. The Balaban J connectivity index is 0.00000242. The van der Waals surface area contributed by atoms with Crippen LogP contribution < -0.4 is 5.32 Å². The molecule has 9 heteroatoms. The third-order valence-electron chi connectivity index (χ3n) is 3.16. The lowest BCUT2D eigenvalue weighted by molar-refractivity contribution is 0.121. The standard InChI is InChI=1S/C13H18F3N5.ClH/c1-10-12(7-19-21(10)9-13(15)16)6-17-4-11-5-18-20(8-11)3-2-14;/h5,7-8,13,17H,2-4,6,9H2,1H3;1H. The zero-order valence-electron chi connectivity index (χ0n) is 12.2. The van der Waals surface area contributed by atoms with Crippen LogP contribution in [0.2, 0.25) is 0 Å². The lowest BCUT2D eigenvalue weighted by Gasteiger charge is -2.05. The number of aryl methyl sites for hydroxylation is 1. The first kappa shape index (κ1) is 18.5. The molecule has 0 spiro atoms. The maximum Gasteiger partial charge on any atom is 0.257 e. The van der Waals surface area contributed by atoms with Gasteiger partial charge in [0.2, 0.25) is 0 Å². The fourth-order valence-corrected chi connectivity index (χ4v) is 2.02. The third-order valence-corrected chi connectivity index (χ3v) is 3.16. The number of hydrogen-bond donors (Lipinski definition) is 1. The molecular weight excluding hydrogens is 319 g/mol. The SMILES string of the molecule is Cc1c(CNCc2cnn(CCF)c2)cnn1CC(F)F.Cl. The normalized spacial score (nSPS) is 11.0. The molecule has 0 amide bonds. The molecule has 0 aliphatic carbocycles. The first-order valence-electron chi connectivity index (χ1n) is 6.67. The van der Waals surface area contributed by atoms with Gasteiger partial charge in [-0.25, -0.2) is 13.2 Å². The molecule has 0 aliphatic rings. The maximum atomic E-state index is 12.3. The van der Waals surface area contributed by atoms with Crippen molar-refractivity contribution in [2.75, 3.05) is 6.67 Å². The molecule has 2 heterocycles. The summed E-state index contributed by atoms with van der Waals surface area (Å²) >= 11 is 0. The Morgan fingerprint density at radius 3 is 2.68 bits per heavy atom. The van der Waals surface area contributed by atoms with Gasteiger partial charge >= 0.3 is 0 Å². The predicted octanol–water partition coefficient (Wildman–Crippen LogP) is 2.33. The van der Waals surface area contributed by atoms with Crippen molar-refractivity contribution < 1.29 is 13.2 Å². The van der Waals surface area contributed by atoms with Gasteiger partial charge in [0, 0.05) is 36.1 Å². The van der Waals surface area contributed by atoms with Crippen LogP contribution >= 0.6 is 12.4 Å². The Labute approximate surface area is 132 Å². The highest BCUT2D eigenvalue weighted by atomic mass is 35.5. The minimum absolute atomic E-state index is 0. The van der Waals surface area contributed by atoms with Gasteiger partial charge in [0.05, 0.1) is 18.9 Å². The number of nitrogens with one attached hydrogen (secondary N) is 1. The number of alkyl halides is 3. The molecule has 0 aromatic carbocycles. The van der Waals surface area contributed by atoms with Crippen LogP contribution in [0.4, 0.5) is 13.2 Å². The van der Waals surface area contributed by atoms with Crippen molar-refractivity contribution in [2.24, 2.45) is 0 Å². The van der Waals surface area contributed by atoms with Gasteiger partial charge in [-0.3, -0.25) is 9.36 Å². The second kappa shape index (κ2) is 8.79. The van der Waals surface area contributed by atoms with E-state index < -0.39 is 13.1 Å². The molecule has 2 rings (SSSR count). The fraction of sp³-hybridized carbons (Fsp3) is 0.538. The second-order valence-electron chi connectivity index (χ2n) is 4.73. The molecule has 0 unspecified atom stereocenters. The maximum absolute atomic E-state index is 12.3. The number of nitrogens with zero attached hydrogens (tertiary/aromatic N) is 4. The molecule has 0 fully saturated rings. The zero-order chi connectivity index (χ0) is 15.2. The van der Waals surface area contributed by atoms with E-state index in [0.29, 0.717) is 13.1 Å². The summed E-state index contributed by atoms with van der Waals surface area (Å²) < 4.78 is 39.7. The summed E-state index contributed by atoms with van der Waals surface area (Å²) in [6.07, 6.45) is 2.64. The molecule has 0 saturated carbocycles. The summed E-state index contributed by atoms with van der Waals surface area (Å²) in [6.45, 7) is 2.29. The van der Waals surface area contributed by atoms with Crippen LogP contribution in [0.25, 0.3) is 0 Å². The lowest BCUT2D eigenvalue weighted by atomic mass is 10.2. The number of aromatic nitrogens is 4. The van der Waals surface area contributed by atoms with Crippen LogP contribution in [0.1, 0.15) is 16.8 Å². The Morgan fingerprint density at radius 2 is 2.00 bits per heavy atom. The Kier molecular flexibility index (Phi) is 7.40. The average molecular weight is 338 g/mol. The largest absolute Gasteiger partial charge is 0.308 e. The van der Waals surface area contributed by atoms with Crippen molar-refractivity contribution in [1.29, 1.82) is 0 Å². The summed E-state index contributed by atoms with van der Waals surface area (Å²) in [4.78, 5) is 0. The topological polar surface area (TPSA) is 47.7 Å². The van der Waals surface area contributed by atoms with E-state index in [1.165, 1.54) is 4.68 Å². The van der Waals surface area contributed by atoms with Crippen molar-refractivity contribution in [3.8, 4) is 0 Å². The van der Waals surface area contributed by atoms with Crippen LogP contribution in [0, 0.1) is 6.92 Å². The van der Waals surface area contributed by atoms with Gasteiger partial charge in [0.15, 0.2) is 0 Å². The molecule has 22 heavy (non-hydrogen) atoms. The van der Waals surface area contributed by atoms with Crippen molar-refractivity contribution >= 4 is 12.4 Å². The van der Waals surface area contributed by atoms with E-state index in [1.807, 2.05) is 0 Å². The summed E-state index contributed by atoms with van der Waals surface area (Å²) in [6, 6.07) is 0. The molecule has 0 atom stereocenters. The quantitative estimate of drug-likeness (QED) is 0.804. The van der Waals surface area contributed by atoms with Crippen LogP contribution in [-0.4, -0.2) is 32.7 Å². The van der Waals surface area contributed by atoms with E-state index in [2.05, 4.69) is 15.5 Å². The fourth-order valence-electron chi connectivity index (χ4n) is 2.02. The third kappa shape index (κ3) is 5.03. The van der Waals surface area contributed by atoms with Gasteiger partial charge in [-0.2, -0.15) is 10.2 Å². The van der Waals surface area contributed by atoms with Crippen molar-refractivity contribution in [1.82, 2.24) is 24.9 Å². The molecule has 2 aromatic rings. The van der Waals surface area contributed by atoms with Crippen LogP contribution in [0.3, 0.4) is 0 Å². The molecule has 2 aromatic heterocycles. The highest BCUT2D eigenvalue weighted by Gasteiger charge is 2.10. The average Bonchev–Trinajstić information content (AvgIpc) is 3.00. The summed E-state index contributed by atoms with van der Waals surface area (Å²) in [7, 11) is 0. The summed E-state index contributed by atoms with van der Waals surface area (Å²) in [5, 5.41) is 11.2. The smallest absolute Gasteiger partial charge is 0.257 e. The van der Waals surface area contributed by atoms with Crippen LogP contribution in [0.5, 0.6) is 0 Å². The number of halogens is 4. The number of hydrogen-bond acceptors (Lipinski definition) is 3. The monoisotopic (exact) mass is 337 g/mol. The Bertz CT molecular complexity index is 570. The summed E-state index contributed by atoms with van der Waals surface area (Å²) in [5.74, 6) is 0. The molecule has 5 nitrogen and oxygen atoms in total. The van der Waals surface area contributed by atoms with E-state index in [-0.39, 0.29) is 25.5 Å². The van der Waals surface area contributed by atoms with Gasteiger partial charge in [0.1, 0.15) is 13.2 Å². The molecule has 0 saturated heterocycles.